The van der Waals surface area contributed by atoms with Crippen molar-refractivity contribution in [3.63, 3.8) is 0 Å². The molecule has 0 bridgehead atoms. The first-order valence-corrected chi connectivity index (χ1v) is 14.8. The van der Waals surface area contributed by atoms with E-state index in [-0.39, 0.29) is 0 Å². The predicted octanol–water partition coefficient (Wildman–Crippen LogP) is 11.3. The van der Waals surface area contributed by atoms with Gasteiger partial charge in [0.1, 0.15) is 0 Å². The Labute approximate surface area is 249 Å². The van der Waals surface area contributed by atoms with Gasteiger partial charge in [-0.2, -0.15) is 0 Å². The minimum atomic E-state index is 0.969. The molecule has 2 heteroatoms. The van der Waals surface area contributed by atoms with Crippen molar-refractivity contribution < 1.29 is 0 Å². The summed E-state index contributed by atoms with van der Waals surface area (Å²) in [6.07, 6.45) is 1.96. The quantitative estimate of drug-likeness (QED) is 0.189. The van der Waals surface area contributed by atoms with E-state index in [4.69, 9.17) is 0 Å². The third kappa shape index (κ3) is 5.70. The lowest BCUT2D eigenvalue weighted by atomic mass is 9.86. The summed E-state index contributed by atoms with van der Waals surface area (Å²) >= 11 is 0. The van der Waals surface area contributed by atoms with Gasteiger partial charge in [0.25, 0.3) is 0 Å². The molecule has 0 saturated heterocycles. The highest BCUT2D eigenvalue weighted by Crippen LogP contribution is 2.45. The summed E-state index contributed by atoms with van der Waals surface area (Å²) in [5.41, 5.74) is 14.3. The average molecular weight is 545 g/mol. The Kier molecular flexibility index (Phi) is 8.14. The maximum absolute atomic E-state index is 3.82. The van der Waals surface area contributed by atoms with Crippen molar-refractivity contribution in [1.82, 2.24) is 0 Å². The highest BCUT2D eigenvalue weighted by molar-refractivity contribution is 6.01. The minimum Gasteiger partial charge on any atom is -0.355 e. The van der Waals surface area contributed by atoms with Gasteiger partial charge in [-0.05, 0) is 82.1 Å². The van der Waals surface area contributed by atoms with Gasteiger partial charge < -0.3 is 10.6 Å². The fourth-order valence-electron chi connectivity index (χ4n) is 5.69. The number of hydrogen-bond donors (Lipinski definition) is 2. The van der Waals surface area contributed by atoms with Gasteiger partial charge in [-0.25, -0.2) is 0 Å². The van der Waals surface area contributed by atoms with E-state index in [9.17, 15) is 0 Å². The first kappa shape index (κ1) is 27.1. The van der Waals surface area contributed by atoms with Crippen molar-refractivity contribution in [2.45, 2.75) is 26.7 Å². The predicted molar refractivity (Wildman–Crippen MR) is 181 cm³/mol. The van der Waals surface area contributed by atoms with E-state index in [0.717, 1.165) is 35.6 Å². The van der Waals surface area contributed by atoms with E-state index in [1.54, 1.807) is 0 Å². The van der Waals surface area contributed by atoms with Crippen molar-refractivity contribution in [2.75, 3.05) is 10.6 Å². The molecular formula is C40H36N2. The molecule has 0 unspecified atom stereocenters. The zero-order chi connectivity index (χ0) is 28.7. The van der Waals surface area contributed by atoms with Gasteiger partial charge in [0.05, 0.1) is 0 Å². The summed E-state index contributed by atoms with van der Waals surface area (Å²) in [5.74, 6) is 0. The molecule has 0 aliphatic rings. The number of aryl methyl sites for hydroxylation is 2. The van der Waals surface area contributed by atoms with Crippen LogP contribution < -0.4 is 10.6 Å². The first-order valence-electron chi connectivity index (χ1n) is 14.8. The Morgan fingerprint density at radius 2 is 0.881 bits per heavy atom. The number of rotatable bonds is 9. The molecule has 0 aliphatic heterocycles. The third-order valence-electron chi connectivity index (χ3n) is 7.87. The van der Waals surface area contributed by atoms with Gasteiger partial charge in [-0.3, -0.25) is 0 Å². The van der Waals surface area contributed by atoms with Crippen molar-refractivity contribution in [1.29, 1.82) is 0 Å². The minimum absolute atomic E-state index is 0.969. The van der Waals surface area contributed by atoms with E-state index < -0.39 is 0 Å². The molecule has 0 radical (unpaired) electrons. The summed E-state index contributed by atoms with van der Waals surface area (Å²) in [6.45, 7) is 4.40. The Morgan fingerprint density at radius 1 is 0.381 bits per heavy atom. The Hall–Kier alpha value is -5.08. The molecule has 0 amide bonds. The zero-order valence-electron chi connectivity index (χ0n) is 24.3. The highest BCUT2D eigenvalue weighted by Gasteiger charge is 2.19. The Balaban J connectivity index is 1.50. The van der Waals surface area contributed by atoms with Crippen LogP contribution in [-0.4, -0.2) is 0 Å². The van der Waals surface area contributed by atoms with Gasteiger partial charge in [0.15, 0.2) is 0 Å². The van der Waals surface area contributed by atoms with Crippen LogP contribution in [0, 0.1) is 0 Å². The molecule has 0 fully saturated rings. The molecule has 0 heterocycles. The molecule has 2 nitrogen and oxygen atoms in total. The third-order valence-corrected chi connectivity index (χ3v) is 7.87. The maximum atomic E-state index is 3.82. The number of para-hydroxylation sites is 2. The van der Waals surface area contributed by atoms with Crippen LogP contribution in [-0.2, 0) is 12.8 Å². The van der Waals surface area contributed by atoms with E-state index in [1.165, 1.54) is 44.5 Å². The highest BCUT2D eigenvalue weighted by atomic mass is 14.9. The van der Waals surface area contributed by atoms with E-state index in [1.807, 2.05) is 0 Å². The van der Waals surface area contributed by atoms with Crippen molar-refractivity contribution in [3.05, 3.63) is 157 Å². The van der Waals surface area contributed by atoms with Gasteiger partial charge in [-0.1, -0.05) is 129 Å². The molecule has 0 aromatic heterocycles. The fourth-order valence-corrected chi connectivity index (χ4v) is 5.69. The molecule has 6 aromatic carbocycles. The lowest BCUT2D eigenvalue weighted by Gasteiger charge is -2.22. The first-order chi connectivity index (χ1) is 20.7. The van der Waals surface area contributed by atoms with Crippen molar-refractivity contribution >= 4 is 22.7 Å². The van der Waals surface area contributed by atoms with E-state index >= 15 is 0 Å². The van der Waals surface area contributed by atoms with Crippen LogP contribution in [0.4, 0.5) is 22.7 Å². The second-order valence-electron chi connectivity index (χ2n) is 10.5. The Bertz CT molecular complexity index is 1770. The van der Waals surface area contributed by atoms with Crippen molar-refractivity contribution in [2.24, 2.45) is 0 Å². The van der Waals surface area contributed by atoms with Crippen molar-refractivity contribution in [3.8, 4) is 33.4 Å². The molecule has 42 heavy (non-hydrogen) atoms. The standard InChI is InChI=1S/C40H36N2/c1-3-29-15-11-13-21-36(29)41-34-25-23-31(24-26-34)35-27-28-38(42-37-22-14-12-16-30(37)4-2)40(33-19-9-6-10-20-33)39(35)32-17-7-5-8-18-32/h5-28,41-42H,3-4H2,1-2H3. The fraction of sp³-hybridized carbons (Fsp3) is 0.100. The number of nitrogens with one attached hydrogen (secondary N) is 2. The van der Waals surface area contributed by atoms with Gasteiger partial charge in [0.2, 0.25) is 0 Å². The largest absolute Gasteiger partial charge is 0.355 e. The van der Waals surface area contributed by atoms with Crippen LogP contribution in [0.5, 0.6) is 0 Å². The number of benzene rings is 6. The lowest BCUT2D eigenvalue weighted by Crippen LogP contribution is -2.00. The van der Waals surface area contributed by atoms with E-state index in [0.29, 0.717) is 0 Å². The normalized spacial score (nSPS) is 10.8. The molecule has 206 valence electrons. The molecule has 0 aliphatic carbocycles. The lowest BCUT2D eigenvalue weighted by molar-refractivity contribution is 1.14. The number of anilines is 4. The summed E-state index contributed by atoms with van der Waals surface area (Å²) in [4.78, 5) is 0. The SMILES string of the molecule is CCc1ccccc1Nc1ccc(-c2ccc(Nc3ccccc3CC)c(-c3ccccc3)c2-c2ccccc2)cc1. The maximum Gasteiger partial charge on any atom is 0.0470 e. The molecule has 6 rings (SSSR count). The van der Waals surface area contributed by atoms with Crippen LogP contribution in [0.3, 0.4) is 0 Å². The van der Waals surface area contributed by atoms with Gasteiger partial charge in [0, 0.05) is 28.3 Å². The van der Waals surface area contributed by atoms with Gasteiger partial charge in [-0.15, -0.1) is 0 Å². The summed E-state index contributed by atoms with van der Waals surface area (Å²) in [7, 11) is 0. The molecule has 2 N–H and O–H groups in total. The van der Waals surface area contributed by atoms with Crippen LogP contribution >= 0.6 is 0 Å². The summed E-state index contributed by atoms with van der Waals surface area (Å²) in [5, 5.41) is 7.44. The van der Waals surface area contributed by atoms with E-state index in [2.05, 4.69) is 170 Å². The number of hydrogen-bond acceptors (Lipinski definition) is 2. The topological polar surface area (TPSA) is 24.1 Å². The summed E-state index contributed by atoms with van der Waals surface area (Å²) in [6, 6.07) is 51.9. The van der Waals surface area contributed by atoms with Gasteiger partial charge >= 0.3 is 0 Å². The van der Waals surface area contributed by atoms with Crippen LogP contribution in [0.25, 0.3) is 33.4 Å². The zero-order valence-corrected chi connectivity index (χ0v) is 24.3. The average Bonchev–Trinajstić information content (AvgIpc) is 3.06. The summed E-state index contributed by atoms with van der Waals surface area (Å²) < 4.78 is 0. The molecule has 6 aromatic rings. The second kappa shape index (κ2) is 12.6. The molecular weight excluding hydrogens is 508 g/mol. The smallest absolute Gasteiger partial charge is 0.0470 e. The monoisotopic (exact) mass is 544 g/mol. The Morgan fingerprint density at radius 3 is 1.45 bits per heavy atom. The molecule has 0 spiro atoms. The van der Waals surface area contributed by atoms with Crippen LogP contribution in [0.2, 0.25) is 0 Å². The second-order valence-corrected chi connectivity index (χ2v) is 10.5. The van der Waals surface area contributed by atoms with Crippen LogP contribution in [0.1, 0.15) is 25.0 Å². The molecule has 0 atom stereocenters. The van der Waals surface area contributed by atoms with Crippen LogP contribution in [0.15, 0.2) is 146 Å². The molecule has 0 saturated carbocycles.